The molecular weight excluding hydrogens is 322 g/mol. The number of carbonyl (C=O) groups excluding carboxylic acids is 1. The molecule has 0 radical (unpaired) electrons. The largest absolute Gasteiger partial charge is 0.497 e. The molecule has 1 saturated carbocycles. The van der Waals surface area contributed by atoms with Gasteiger partial charge < -0.3 is 9.64 Å². The first-order valence-corrected chi connectivity index (χ1v) is 9.26. The van der Waals surface area contributed by atoms with Gasteiger partial charge in [-0.2, -0.15) is 0 Å². The predicted molar refractivity (Wildman–Crippen MR) is 106 cm³/mol. The Morgan fingerprint density at radius 2 is 1.77 bits per heavy atom. The number of hydrogen-bond donors (Lipinski definition) is 0. The third-order valence-electron chi connectivity index (χ3n) is 5.36. The first-order valence-electron chi connectivity index (χ1n) is 9.26. The van der Waals surface area contributed by atoms with Crippen molar-refractivity contribution in [2.24, 2.45) is 0 Å². The van der Waals surface area contributed by atoms with Gasteiger partial charge in [0, 0.05) is 13.6 Å². The maximum atomic E-state index is 13.2. The molecule has 0 bridgehead atoms. The zero-order valence-electron chi connectivity index (χ0n) is 16.5. The van der Waals surface area contributed by atoms with Gasteiger partial charge in [0.25, 0.3) is 0 Å². The van der Waals surface area contributed by atoms with E-state index in [1.807, 2.05) is 36.2 Å². The number of carbonyl (C=O) groups is 1. The lowest BCUT2D eigenvalue weighted by atomic mass is 9.84. The average molecular weight is 351 g/mol. The molecule has 138 valence electrons. The summed E-state index contributed by atoms with van der Waals surface area (Å²) in [6.07, 6.45) is 1.87. The smallest absolute Gasteiger partial charge is 0.233 e. The first-order chi connectivity index (χ1) is 12.3. The topological polar surface area (TPSA) is 29.5 Å². The Labute approximate surface area is 157 Å². The van der Waals surface area contributed by atoms with Crippen LogP contribution in [0.1, 0.15) is 50.3 Å². The predicted octanol–water partition coefficient (Wildman–Crippen LogP) is 4.68. The highest BCUT2D eigenvalue weighted by Gasteiger charge is 2.52. The molecule has 26 heavy (non-hydrogen) atoms. The van der Waals surface area contributed by atoms with Gasteiger partial charge in [0.1, 0.15) is 5.75 Å². The molecule has 3 nitrogen and oxygen atoms in total. The van der Waals surface area contributed by atoms with Crippen LogP contribution in [0.2, 0.25) is 0 Å². The molecule has 1 aliphatic rings. The van der Waals surface area contributed by atoms with Gasteiger partial charge in [0.05, 0.1) is 12.5 Å². The summed E-state index contributed by atoms with van der Waals surface area (Å²) in [5.41, 5.74) is 3.33. The summed E-state index contributed by atoms with van der Waals surface area (Å²) in [5, 5.41) is 0. The van der Waals surface area contributed by atoms with Gasteiger partial charge in [-0.15, -0.1) is 0 Å². The molecule has 0 saturated heterocycles. The van der Waals surface area contributed by atoms with Crippen molar-refractivity contribution in [1.82, 2.24) is 4.90 Å². The second-order valence-corrected chi connectivity index (χ2v) is 8.42. The van der Waals surface area contributed by atoms with Crippen LogP contribution < -0.4 is 4.74 Å². The van der Waals surface area contributed by atoms with Crippen LogP contribution in [0.25, 0.3) is 0 Å². The maximum Gasteiger partial charge on any atom is 0.233 e. The van der Waals surface area contributed by atoms with Gasteiger partial charge in [-0.05, 0) is 47.1 Å². The second kappa shape index (κ2) is 6.79. The van der Waals surface area contributed by atoms with Crippen LogP contribution in [0.5, 0.6) is 5.75 Å². The van der Waals surface area contributed by atoms with E-state index in [1.165, 1.54) is 5.56 Å². The number of nitrogens with zero attached hydrogens (tertiary/aromatic N) is 1. The molecule has 2 aromatic carbocycles. The van der Waals surface area contributed by atoms with Crippen molar-refractivity contribution in [3.63, 3.8) is 0 Å². The number of benzene rings is 2. The van der Waals surface area contributed by atoms with E-state index in [1.54, 1.807) is 7.11 Å². The minimum absolute atomic E-state index is 0.127. The van der Waals surface area contributed by atoms with Crippen LogP contribution >= 0.6 is 0 Å². The standard InChI is InChI=1S/C23H29NO2/c1-22(2,3)18-9-11-19(12-10-18)23(13-14-23)21(25)24(4)16-17-7-6-8-20(15-17)26-5/h6-12,15H,13-14,16H2,1-5H3. The summed E-state index contributed by atoms with van der Waals surface area (Å²) in [6, 6.07) is 16.5. The minimum Gasteiger partial charge on any atom is -0.497 e. The van der Waals surface area contributed by atoms with Gasteiger partial charge in [-0.25, -0.2) is 0 Å². The molecule has 2 aromatic rings. The van der Waals surface area contributed by atoms with Crippen LogP contribution in [0.3, 0.4) is 0 Å². The molecule has 3 rings (SSSR count). The maximum absolute atomic E-state index is 13.2. The highest BCUT2D eigenvalue weighted by molar-refractivity contribution is 5.91. The van der Waals surface area contributed by atoms with Gasteiger partial charge in [-0.3, -0.25) is 4.79 Å². The van der Waals surface area contributed by atoms with Gasteiger partial charge in [-0.1, -0.05) is 57.2 Å². The highest BCUT2D eigenvalue weighted by atomic mass is 16.5. The summed E-state index contributed by atoms with van der Waals surface area (Å²) in [4.78, 5) is 15.0. The number of likely N-dealkylation sites (N-methyl/N-ethyl adjacent to an activating group) is 1. The normalized spacial score (nSPS) is 15.4. The fourth-order valence-corrected chi connectivity index (χ4v) is 3.52. The molecule has 0 N–H and O–H groups in total. The van der Waals surface area contributed by atoms with Crippen LogP contribution in [-0.4, -0.2) is 25.0 Å². The van der Waals surface area contributed by atoms with E-state index in [4.69, 9.17) is 4.74 Å². The lowest BCUT2D eigenvalue weighted by Gasteiger charge is -2.25. The number of rotatable bonds is 5. The second-order valence-electron chi connectivity index (χ2n) is 8.42. The summed E-state index contributed by atoms with van der Waals surface area (Å²) in [6.45, 7) is 7.23. The summed E-state index contributed by atoms with van der Waals surface area (Å²) < 4.78 is 5.28. The Balaban J connectivity index is 1.75. The summed E-state index contributed by atoms with van der Waals surface area (Å²) in [7, 11) is 3.56. The van der Waals surface area contributed by atoms with E-state index in [2.05, 4.69) is 45.0 Å². The quantitative estimate of drug-likeness (QED) is 0.782. The van der Waals surface area contributed by atoms with Crippen LogP contribution in [0, 0.1) is 0 Å². The zero-order chi connectivity index (χ0) is 18.9. The lowest BCUT2D eigenvalue weighted by Crippen LogP contribution is -2.36. The molecule has 0 unspecified atom stereocenters. The zero-order valence-corrected chi connectivity index (χ0v) is 16.5. The van der Waals surface area contributed by atoms with E-state index in [0.717, 1.165) is 29.7 Å². The van der Waals surface area contributed by atoms with Gasteiger partial charge in [0.2, 0.25) is 5.91 Å². The molecular formula is C23H29NO2. The number of hydrogen-bond acceptors (Lipinski definition) is 2. The van der Waals surface area contributed by atoms with Crippen molar-refractivity contribution < 1.29 is 9.53 Å². The average Bonchev–Trinajstić information content (AvgIpc) is 3.42. The minimum atomic E-state index is -0.329. The van der Waals surface area contributed by atoms with E-state index in [-0.39, 0.29) is 16.7 Å². The summed E-state index contributed by atoms with van der Waals surface area (Å²) >= 11 is 0. The third kappa shape index (κ3) is 3.62. The Morgan fingerprint density at radius 3 is 2.31 bits per heavy atom. The van der Waals surface area contributed by atoms with Crippen molar-refractivity contribution in [3.05, 3.63) is 65.2 Å². The van der Waals surface area contributed by atoms with Crippen molar-refractivity contribution in [2.45, 2.75) is 51.0 Å². The van der Waals surface area contributed by atoms with E-state index in [0.29, 0.717) is 6.54 Å². The van der Waals surface area contributed by atoms with Gasteiger partial charge in [0.15, 0.2) is 0 Å². The third-order valence-corrected chi connectivity index (χ3v) is 5.36. The fourth-order valence-electron chi connectivity index (χ4n) is 3.52. The SMILES string of the molecule is COc1cccc(CN(C)C(=O)C2(c3ccc(C(C)(C)C)cc3)CC2)c1. The molecule has 0 atom stereocenters. The van der Waals surface area contributed by atoms with Gasteiger partial charge >= 0.3 is 0 Å². The summed E-state index contributed by atoms with van der Waals surface area (Å²) in [5.74, 6) is 1.03. The fraction of sp³-hybridized carbons (Fsp3) is 0.435. The Bertz CT molecular complexity index is 783. The highest BCUT2D eigenvalue weighted by Crippen LogP contribution is 2.49. The van der Waals surface area contributed by atoms with Crippen molar-refractivity contribution >= 4 is 5.91 Å². The molecule has 1 fully saturated rings. The van der Waals surface area contributed by atoms with E-state index >= 15 is 0 Å². The molecule has 3 heteroatoms. The van der Waals surface area contributed by atoms with Crippen LogP contribution in [0.15, 0.2) is 48.5 Å². The number of ether oxygens (including phenoxy) is 1. The Hall–Kier alpha value is -2.29. The number of methoxy groups -OCH3 is 1. The molecule has 0 heterocycles. The lowest BCUT2D eigenvalue weighted by molar-refractivity contribution is -0.133. The molecule has 0 aromatic heterocycles. The monoisotopic (exact) mass is 351 g/mol. The van der Waals surface area contributed by atoms with Crippen molar-refractivity contribution in [1.29, 1.82) is 0 Å². The van der Waals surface area contributed by atoms with E-state index in [9.17, 15) is 4.79 Å². The first kappa shape index (κ1) is 18.5. The van der Waals surface area contributed by atoms with Crippen LogP contribution in [-0.2, 0) is 22.2 Å². The molecule has 1 amide bonds. The van der Waals surface area contributed by atoms with Crippen molar-refractivity contribution in [3.8, 4) is 5.75 Å². The molecule has 1 aliphatic carbocycles. The van der Waals surface area contributed by atoms with Crippen LogP contribution in [0.4, 0.5) is 0 Å². The molecule has 0 aliphatic heterocycles. The number of amides is 1. The Kier molecular flexibility index (Phi) is 4.83. The van der Waals surface area contributed by atoms with E-state index < -0.39 is 0 Å². The Morgan fingerprint density at radius 1 is 1.12 bits per heavy atom. The molecule has 0 spiro atoms. The van der Waals surface area contributed by atoms with Crippen molar-refractivity contribution in [2.75, 3.05) is 14.2 Å².